The zero-order chi connectivity index (χ0) is 18.5. The van der Waals surface area contributed by atoms with Crippen molar-refractivity contribution in [2.75, 3.05) is 14.2 Å². The molecule has 1 atom stereocenters. The molecule has 0 spiro atoms. The lowest BCUT2D eigenvalue weighted by Gasteiger charge is -2.17. The summed E-state index contributed by atoms with van der Waals surface area (Å²) in [6.07, 6.45) is 0.134. The lowest BCUT2D eigenvalue weighted by molar-refractivity contribution is -0.139. The SMILES string of the molecule is COC(=O)c1cc(S(=O)(=O)N[C@H](CC(C)C)C(=O)O)ccc1OC. The van der Waals surface area contributed by atoms with Gasteiger partial charge in [-0.3, -0.25) is 4.79 Å². The summed E-state index contributed by atoms with van der Waals surface area (Å²) < 4.78 is 36.6. The van der Waals surface area contributed by atoms with Crippen LogP contribution in [0, 0.1) is 5.92 Å². The Balaban J connectivity index is 3.22. The average molecular weight is 359 g/mol. The van der Waals surface area contributed by atoms with E-state index in [1.54, 1.807) is 13.8 Å². The topological polar surface area (TPSA) is 119 Å². The molecule has 0 heterocycles. The second kappa shape index (κ2) is 8.11. The molecule has 0 aromatic heterocycles. The van der Waals surface area contributed by atoms with Crippen LogP contribution in [0.1, 0.15) is 30.6 Å². The molecule has 1 aromatic rings. The van der Waals surface area contributed by atoms with E-state index in [4.69, 9.17) is 4.74 Å². The predicted octanol–water partition coefficient (Wildman–Crippen LogP) is 1.26. The highest BCUT2D eigenvalue weighted by Crippen LogP contribution is 2.23. The van der Waals surface area contributed by atoms with Gasteiger partial charge in [0.05, 0.1) is 19.1 Å². The molecule has 0 unspecified atom stereocenters. The molecule has 0 aliphatic heterocycles. The van der Waals surface area contributed by atoms with Crippen LogP contribution < -0.4 is 9.46 Å². The molecule has 0 aliphatic rings. The van der Waals surface area contributed by atoms with Gasteiger partial charge in [0.2, 0.25) is 10.0 Å². The van der Waals surface area contributed by atoms with Crippen LogP contribution in [-0.2, 0) is 19.6 Å². The van der Waals surface area contributed by atoms with Gasteiger partial charge in [0, 0.05) is 0 Å². The zero-order valence-electron chi connectivity index (χ0n) is 13.9. The summed E-state index contributed by atoms with van der Waals surface area (Å²) in [7, 11) is -1.65. The molecule has 0 amide bonds. The third-order valence-corrected chi connectivity index (χ3v) is 4.66. The third-order valence-electron chi connectivity index (χ3n) is 3.19. The van der Waals surface area contributed by atoms with Gasteiger partial charge in [-0.15, -0.1) is 0 Å². The van der Waals surface area contributed by atoms with Crippen molar-refractivity contribution in [1.82, 2.24) is 4.72 Å². The van der Waals surface area contributed by atoms with Crippen LogP contribution in [0.25, 0.3) is 0 Å². The molecule has 9 heteroatoms. The molecular weight excluding hydrogens is 338 g/mol. The van der Waals surface area contributed by atoms with Crippen molar-refractivity contribution in [3.63, 3.8) is 0 Å². The van der Waals surface area contributed by atoms with Crippen LogP contribution >= 0.6 is 0 Å². The van der Waals surface area contributed by atoms with Gasteiger partial charge in [-0.05, 0) is 30.5 Å². The fourth-order valence-corrected chi connectivity index (χ4v) is 3.28. The number of ether oxygens (including phenoxy) is 2. The molecule has 24 heavy (non-hydrogen) atoms. The Kier molecular flexibility index (Phi) is 6.73. The summed E-state index contributed by atoms with van der Waals surface area (Å²) in [4.78, 5) is 22.7. The number of hydrogen-bond donors (Lipinski definition) is 2. The minimum Gasteiger partial charge on any atom is -0.496 e. The first-order valence-electron chi connectivity index (χ1n) is 7.13. The molecule has 0 aliphatic carbocycles. The fourth-order valence-electron chi connectivity index (χ4n) is 2.05. The largest absolute Gasteiger partial charge is 0.496 e. The van der Waals surface area contributed by atoms with E-state index in [2.05, 4.69) is 9.46 Å². The molecular formula is C15H21NO7S. The Bertz CT molecular complexity index is 713. The molecule has 134 valence electrons. The number of sulfonamides is 1. The minimum atomic E-state index is -4.13. The summed E-state index contributed by atoms with van der Waals surface area (Å²) in [5, 5.41) is 9.17. The first-order valence-corrected chi connectivity index (χ1v) is 8.62. The summed E-state index contributed by atoms with van der Waals surface area (Å²) in [6.45, 7) is 3.57. The number of benzene rings is 1. The number of esters is 1. The van der Waals surface area contributed by atoms with Gasteiger partial charge in [0.1, 0.15) is 17.4 Å². The van der Waals surface area contributed by atoms with Crippen molar-refractivity contribution in [3.8, 4) is 5.75 Å². The van der Waals surface area contributed by atoms with Crippen molar-refractivity contribution in [3.05, 3.63) is 23.8 Å². The van der Waals surface area contributed by atoms with Crippen LogP contribution in [0.3, 0.4) is 0 Å². The highest BCUT2D eigenvalue weighted by atomic mass is 32.2. The van der Waals surface area contributed by atoms with E-state index >= 15 is 0 Å². The number of aliphatic carboxylic acids is 1. The smallest absolute Gasteiger partial charge is 0.341 e. The van der Waals surface area contributed by atoms with Crippen LogP contribution in [-0.4, -0.2) is 45.7 Å². The Labute approximate surface area is 140 Å². The van der Waals surface area contributed by atoms with E-state index in [1.165, 1.54) is 19.2 Å². The highest BCUT2D eigenvalue weighted by molar-refractivity contribution is 7.89. The second-order valence-electron chi connectivity index (χ2n) is 5.50. The minimum absolute atomic E-state index is 0.0182. The summed E-state index contributed by atoms with van der Waals surface area (Å²) in [5.41, 5.74) is -0.0707. The predicted molar refractivity (Wildman–Crippen MR) is 85.5 cm³/mol. The van der Waals surface area contributed by atoms with Crippen molar-refractivity contribution in [2.45, 2.75) is 31.2 Å². The van der Waals surface area contributed by atoms with Crippen LogP contribution in [0.4, 0.5) is 0 Å². The monoisotopic (exact) mass is 359 g/mol. The molecule has 8 nitrogen and oxygen atoms in total. The first-order chi connectivity index (χ1) is 11.1. The Morgan fingerprint density at radius 3 is 2.33 bits per heavy atom. The molecule has 0 saturated carbocycles. The molecule has 0 saturated heterocycles. The van der Waals surface area contributed by atoms with E-state index in [0.717, 1.165) is 13.2 Å². The maximum absolute atomic E-state index is 12.4. The number of rotatable bonds is 8. The number of methoxy groups -OCH3 is 2. The van der Waals surface area contributed by atoms with Crippen molar-refractivity contribution >= 4 is 22.0 Å². The number of nitrogens with one attached hydrogen (secondary N) is 1. The summed E-state index contributed by atoms with van der Waals surface area (Å²) in [5.74, 6) is -1.90. The highest BCUT2D eigenvalue weighted by Gasteiger charge is 2.27. The van der Waals surface area contributed by atoms with Gasteiger partial charge in [-0.25, -0.2) is 13.2 Å². The Morgan fingerprint density at radius 1 is 1.25 bits per heavy atom. The average Bonchev–Trinajstić information content (AvgIpc) is 2.52. The first kappa shape index (κ1) is 19.9. The quantitative estimate of drug-likeness (QED) is 0.671. The number of carbonyl (C=O) groups excluding carboxylic acids is 1. The van der Waals surface area contributed by atoms with Crippen LogP contribution in [0.15, 0.2) is 23.1 Å². The lowest BCUT2D eigenvalue weighted by Crippen LogP contribution is -2.41. The number of carboxylic acids is 1. The maximum Gasteiger partial charge on any atom is 0.341 e. The van der Waals surface area contributed by atoms with Crippen LogP contribution in [0.5, 0.6) is 5.75 Å². The Hall–Kier alpha value is -2.13. The van der Waals surface area contributed by atoms with Crippen LogP contribution in [0.2, 0.25) is 0 Å². The van der Waals surface area contributed by atoms with E-state index in [1.807, 2.05) is 0 Å². The van der Waals surface area contributed by atoms with Gasteiger partial charge in [-0.2, -0.15) is 4.72 Å². The molecule has 0 fully saturated rings. The molecule has 1 rings (SSSR count). The standard InChI is InChI=1S/C15H21NO7S/c1-9(2)7-12(14(17)18)16-24(20,21)10-5-6-13(22-3)11(8-10)15(19)23-4/h5-6,8-9,12,16H,7H2,1-4H3,(H,17,18)/t12-/m1/s1. The number of hydrogen-bond acceptors (Lipinski definition) is 6. The Morgan fingerprint density at radius 2 is 1.88 bits per heavy atom. The summed E-state index contributed by atoms with van der Waals surface area (Å²) in [6, 6.07) is 2.35. The van der Waals surface area contributed by atoms with Gasteiger partial charge >= 0.3 is 11.9 Å². The van der Waals surface area contributed by atoms with E-state index in [0.29, 0.717) is 0 Å². The fraction of sp³-hybridized carbons (Fsp3) is 0.467. The van der Waals surface area contributed by atoms with E-state index in [-0.39, 0.29) is 28.5 Å². The molecule has 1 aromatic carbocycles. The van der Waals surface area contributed by atoms with Gasteiger partial charge < -0.3 is 14.6 Å². The molecule has 0 bridgehead atoms. The normalized spacial score (nSPS) is 12.7. The maximum atomic E-state index is 12.4. The van der Waals surface area contributed by atoms with Gasteiger partial charge in [0.25, 0.3) is 0 Å². The van der Waals surface area contributed by atoms with Gasteiger partial charge in [0.15, 0.2) is 0 Å². The van der Waals surface area contributed by atoms with Crippen molar-refractivity contribution < 1.29 is 32.6 Å². The number of carboxylic acid groups (broad SMARTS) is 1. The lowest BCUT2D eigenvalue weighted by atomic mass is 10.1. The van der Waals surface area contributed by atoms with Crippen molar-refractivity contribution in [1.29, 1.82) is 0 Å². The van der Waals surface area contributed by atoms with E-state index < -0.39 is 28.0 Å². The second-order valence-corrected chi connectivity index (χ2v) is 7.21. The van der Waals surface area contributed by atoms with E-state index in [9.17, 15) is 23.1 Å². The summed E-state index contributed by atoms with van der Waals surface area (Å²) >= 11 is 0. The zero-order valence-corrected chi connectivity index (χ0v) is 14.7. The molecule has 0 radical (unpaired) electrons. The van der Waals surface area contributed by atoms with Gasteiger partial charge in [-0.1, -0.05) is 13.8 Å². The third kappa shape index (κ3) is 4.93. The molecule has 2 N–H and O–H groups in total. The van der Waals surface area contributed by atoms with Crippen molar-refractivity contribution in [2.24, 2.45) is 5.92 Å². The number of carbonyl (C=O) groups is 2.